The molecule has 5 rings (SSSR count). The molecule has 34 heavy (non-hydrogen) atoms. The summed E-state index contributed by atoms with van der Waals surface area (Å²) >= 11 is 1.29. The maximum atomic E-state index is 13.4. The Balaban J connectivity index is 1.28. The molecule has 1 fully saturated rings. The van der Waals surface area contributed by atoms with Crippen LogP contribution in [0, 0.1) is 0 Å². The number of ether oxygens (including phenoxy) is 2. The quantitative estimate of drug-likeness (QED) is 0.661. The van der Waals surface area contributed by atoms with Gasteiger partial charge in [0.1, 0.15) is 6.54 Å². The number of nitrogens with zero attached hydrogens (tertiary/aromatic N) is 2. The molecule has 2 aromatic carbocycles. The highest BCUT2D eigenvalue weighted by atomic mass is 32.2. The minimum absolute atomic E-state index is 0.148. The van der Waals surface area contributed by atoms with Crippen LogP contribution in [0.1, 0.15) is 31.2 Å². The molecule has 0 aromatic heterocycles. The number of fused-ring (bicyclic) bond motifs is 2. The predicted octanol–water partition coefficient (Wildman–Crippen LogP) is 2.94. The zero-order valence-corrected chi connectivity index (χ0v) is 19.6. The SMILES string of the molecule is O=C(CN1C(=O)[C@H](C(=O)N2CCCCCC2)Sc2ccccc21)NCc1ccc2c(c1)OCO2. The number of anilines is 1. The minimum Gasteiger partial charge on any atom is -0.454 e. The zero-order valence-electron chi connectivity index (χ0n) is 18.8. The van der Waals surface area contributed by atoms with E-state index < -0.39 is 5.25 Å². The van der Waals surface area contributed by atoms with Crippen LogP contribution >= 0.6 is 11.8 Å². The number of carbonyl (C=O) groups is 3. The van der Waals surface area contributed by atoms with Crippen molar-refractivity contribution >= 4 is 35.2 Å². The zero-order chi connectivity index (χ0) is 23.5. The number of nitrogens with one attached hydrogen (secondary N) is 1. The lowest BCUT2D eigenvalue weighted by molar-refractivity contribution is -0.135. The van der Waals surface area contributed by atoms with Gasteiger partial charge in [-0.3, -0.25) is 14.4 Å². The van der Waals surface area contributed by atoms with Gasteiger partial charge in [-0.05, 0) is 42.7 Å². The first-order valence-corrected chi connectivity index (χ1v) is 12.5. The van der Waals surface area contributed by atoms with Gasteiger partial charge in [0.25, 0.3) is 5.91 Å². The summed E-state index contributed by atoms with van der Waals surface area (Å²) in [5.41, 5.74) is 1.53. The fraction of sp³-hybridized carbons (Fsp3) is 0.400. The summed E-state index contributed by atoms with van der Waals surface area (Å²) in [6.45, 7) is 1.70. The Morgan fingerprint density at radius 3 is 2.59 bits per heavy atom. The summed E-state index contributed by atoms with van der Waals surface area (Å²) < 4.78 is 10.7. The lowest BCUT2D eigenvalue weighted by atomic mass is 10.2. The first kappa shape index (κ1) is 22.6. The van der Waals surface area contributed by atoms with Crippen molar-refractivity contribution in [2.45, 2.75) is 42.4 Å². The van der Waals surface area contributed by atoms with Gasteiger partial charge in [-0.25, -0.2) is 0 Å². The number of carbonyl (C=O) groups excluding carboxylic acids is 3. The fourth-order valence-corrected chi connectivity index (χ4v) is 5.63. The van der Waals surface area contributed by atoms with E-state index in [2.05, 4.69) is 5.32 Å². The molecular weight excluding hydrogens is 454 g/mol. The smallest absolute Gasteiger partial charge is 0.250 e. The third-order valence-corrected chi connectivity index (χ3v) is 7.50. The number of rotatable bonds is 5. The fourth-order valence-electron chi connectivity index (χ4n) is 4.44. The molecule has 3 aliphatic rings. The number of hydrogen-bond donors (Lipinski definition) is 1. The molecule has 0 saturated carbocycles. The average Bonchev–Trinajstić information content (AvgIpc) is 3.15. The first-order chi connectivity index (χ1) is 16.6. The standard InChI is InChI=1S/C25H27N3O5S/c29-22(26-14-17-9-10-19-20(13-17)33-16-32-19)15-28-18-7-3-4-8-21(18)34-23(25(28)31)24(30)27-11-5-1-2-6-12-27/h3-4,7-10,13,23H,1-2,5-6,11-12,14-16H2,(H,26,29)/t23-/m0/s1. The molecule has 178 valence electrons. The van der Waals surface area contributed by atoms with Crippen molar-refractivity contribution in [2.75, 3.05) is 31.3 Å². The van der Waals surface area contributed by atoms with Crippen LogP contribution in [0.3, 0.4) is 0 Å². The molecule has 9 heteroatoms. The summed E-state index contributed by atoms with van der Waals surface area (Å²) in [7, 11) is 0. The Labute approximate surface area is 202 Å². The van der Waals surface area contributed by atoms with Crippen molar-refractivity contribution in [3.63, 3.8) is 0 Å². The minimum atomic E-state index is -0.866. The molecule has 3 amide bonds. The average molecular weight is 482 g/mol. The van der Waals surface area contributed by atoms with Crippen molar-refractivity contribution in [3.05, 3.63) is 48.0 Å². The molecular formula is C25H27N3O5S. The summed E-state index contributed by atoms with van der Waals surface area (Å²) in [5.74, 6) is 0.545. The van der Waals surface area contributed by atoms with Crippen LogP contribution < -0.4 is 19.7 Å². The molecule has 3 heterocycles. The van der Waals surface area contributed by atoms with Crippen LogP contribution in [0.25, 0.3) is 0 Å². The van der Waals surface area contributed by atoms with E-state index in [1.807, 2.05) is 47.4 Å². The lowest BCUT2D eigenvalue weighted by Gasteiger charge is -2.34. The number of para-hydroxylation sites is 1. The molecule has 1 saturated heterocycles. The summed E-state index contributed by atoms with van der Waals surface area (Å²) in [6, 6.07) is 12.9. The van der Waals surface area contributed by atoms with E-state index in [1.165, 1.54) is 16.7 Å². The van der Waals surface area contributed by atoms with Gasteiger partial charge in [0.2, 0.25) is 18.6 Å². The van der Waals surface area contributed by atoms with Crippen molar-refractivity contribution in [2.24, 2.45) is 0 Å². The number of amides is 3. The molecule has 8 nitrogen and oxygen atoms in total. The van der Waals surface area contributed by atoms with E-state index in [4.69, 9.17) is 9.47 Å². The molecule has 2 aromatic rings. The Morgan fingerprint density at radius 2 is 1.76 bits per heavy atom. The maximum Gasteiger partial charge on any atom is 0.250 e. The van der Waals surface area contributed by atoms with E-state index in [0.29, 0.717) is 36.8 Å². The molecule has 0 aliphatic carbocycles. The van der Waals surface area contributed by atoms with Gasteiger partial charge in [0.05, 0.1) is 5.69 Å². The predicted molar refractivity (Wildman–Crippen MR) is 128 cm³/mol. The Kier molecular flexibility index (Phi) is 6.62. The largest absolute Gasteiger partial charge is 0.454 e. The second-order valence-electron chi connectivity index (χ2n) is 8.59. The Bertz CT molecular complexity index is 1100. The maximum absolute atomic E-state index is 13.4. The number of thioether (sulfide) groups is 1. The molecule has 3 aliphatic heterocycles. The highest BCUT2D eigenvalue weighted by Crippen LogP contribution is 2.40. The molecule has 0 spiro atoms. The highest BCUT2D eigenvalue weighted by Gasteiger charge is 2.40. The molecule has 0 radical (unpaired) electrons. The van der Waals surface area contributed by atoms with E-state index in [0.717, 1.165) is 36.1 Å². The topological polar surface area (TPSA) is 88.2 Å². The molecule has 1 atom stereocenters. The van der Waals surface area contributed by atoms with Crippen LogP contribution in [0.5, 0.6) is 11.5 Å². The normalized spacial score (nSPS) is 19.4. The summed E-state index contributed by atoms with van der Waals surface area (Å²) in [6.07, 6.45) is 4.13. The third-order valence-electron chi connectivity index (χ3n) is 6.26. The van der Waals surface area contributed by atoms with Crippen LogP contribution in [0.4, 0.5) is 5.69 Å². The van der Waals surface area contributed by atoms with Crippen molar-refractivity contribution in [3.8, 4) is 11.5 Å². The summed E-state index contributed by atoms with van der Waals surface area (Å²) in [5, 5.41) is 2.01. The Hall–Kier alpha value is -3.20. The van der Waals surface area contributed by atoms with Crippen LogP contribution in [-0.4, -0.2) is 54.3 Å². The van der Waals surface area contributed by atoms with Crippen molar-refractivity contribution in [1.29, 1.82) is 0 Å². The third kappa shape index (κ3) is 4.70. The van der Waals surface area contributed by atoms with Gasteiger partial charge in [-0.15, -0.1) is 11.8 Å². The summed E-state index contributed by atoms with van der Waals surface area (Å²) in [4.78, 5) is 43.7. The first-order valence-electron chi connectivity index (χ1n) is 11.6. The number of hydrogen-bond acceptors (Lipinski definition) is 6. The van der Waals surface area contributed by atoms with Gasteiger partial charge >= 0.3 is 0 Å². The van der Waals surface area contributed by atoms with Crippen LogP contribution in [0.15, 0.2) is 47.4 Å². The van der Waals surface area contributed by atoms with Crippen LogP contribution in [0.2, 0.25) is 0 Å². The highest BCUT2D eigenvalue weighted by molar-refractivity contribution is 8.01. The lowest BCUT2D eigenvalue weighted by Crippen LogP contribution is -2.52. The van der Waals surface area contributed by atoms with E-state index in [1.54, 1.807) is 0 Å². The van der Waals surface area contributed by atoms with Gasteiger partial charge in [-0.2, -0.15) is 0 Å². The molecule has 1 N–H and O–H groups in total. The Morgan fingerprint density at radius 1 is 1.00 bits per heavy atom. The number of benzene rings is 2. The van der Waals surface area contributed by atoms with Crippen molar-refractivity contribution < 1.29 is 23.9 Å². The van der Waals surface area contributed by atoms with Crippen LogP contribution in [-0.2, 0) is 20.9 Å². The second-order valence-corrected chi connectivity index (χ2v) is 9.74. The van der Waals surface area contributed by atoms with Gasteiger partial charge in [0.15, 0.2) is 16.7 Å². The van der Waals surface area contributed by atoms with Gasteiger partial charge in [0, 0.05) is 24.5 Å². The monoisotopic (exact) mass is 481 g/mol. The van der Waals surface area contributed by atoms with E-state index in [9.17, 15) is 14.4 Å². The molecule has 0 bridgehead atoms. The van der Waals surface area contributed by atoms with E-state index in [-0.39, 0.29) is 31.1 Å². The van der Waals surface area contributed by atoms with Gasteiger partial charge in [-0.1, -0.05) is 31.0 Å². The van der Waals surface area contributed by atoms with Gasteiger partial charge < -0.3 is 24.6 Å². The second kappa shape index (κ2) is 9.97. The molecule has 0 unspecified atom stereocenters. The van der Waals surface area contributed by atoms with Crippen molar-refractivity contribution in [1.82, 2.24) is 10.2 Å². The number of likely N-dealkylation sites (tertiary alicyclic amines) is 1. The van der Waals surface area contributed by atoms with E-state index >= 15 is 0 Å².